The number of amides is 3. The molecule has 3 rings (SSSR count). The Bertz CT molecular complexity index is 845. The molecule has 27 heavy (non-hydrogen) atoms. The second-order valence-corrected chi connectivity index (χ2v) is 5.87. The molecule has 0 atom stereocenters. The SMILES string of the molecule is O=C(O)CN1C(=O)N/C(=C\c2cc([N+](=O)[O-])ccc2N2CCOCC2)C1=O. The number of aliphatic carboxylic acids is 1. The van der Waals surface area contributed by atoms with Crippen LogP contribution in [0.1, 0.15) is 5.56 Å². The normalized spacial score (nSPS) is 18.7. The Labute approximate surface area is 152 Å². The summed E-state index contributed by atoms with van der Waals surface area (Å²) in [7, 11) is 0. The number of non-ortho nitro benzene ring substituents is 1. The maximum absolute atomic E-state index is 12.3. The minimum absolute atomic E-state index is 0.142. The molecule has 0 spiro atoms. The van der Waals surface area contributed by atoms with Gasteiger partial charge in [0, 0.05) is 36.5 Å². The van der Waals surface area contributed by atoms with Crippen molar-refractivity contribution >= 4 is 35.4 Å². The number of rotatable bonds is 5. The molecule has 2 fully saturated rings. The van der Waals surface area contributed by atoms with Crippen LogP contribution < -0.4 is 10.2 Å². The Balaban J connectivity index is 1.98. The first-order valence-electron chi connectivity index (χ1n) is 8.04. The van der Waals surface area contributed by atoms with Gasteiger partial charge in [-0.15, -0.1) is 0 Å². The summed E-state index contributed by atoms with van der Waals surface area (Å²) in [6.45, 7) is 1.36. The van der Waals surface area contributed by atoms with Gasteiger partial charge in [0.05, 0.1) is 18.1 Å². The molecule has 0 aromatic heterocycles. The highest BCUT2D eigenvalue weighted by Crippen LogP contribution is 2.29. The number of hydrogen-bond acceptors (Lipinski definition) is 7. The average Bonchev–Trinajstić information content (AvgIpc) is 2.89. The number of anilines is 1. The van der Waals surface area contributed by atoms with Crippen LogP contribution in [0.15, 0.2) is 23.9 Å². The fourth-order valence-electron chi connectivity index (χ4n) is 2.87. The topological polar surface area (TPSA) is 142 Å². The summed E-state index contributed by atoms with van der Waals surface area (Å²) >= 11 is 0. The third-order valence-electron chi connectivity index (χ3n) is 4.13. The van der Waals surface area contributed by atoms with Crippen LogP contribution in [0.2, 0.25) is 0 Å². The van der Waals surface area contributed by atoms with Crippen molar-refractivity contribution < 1.29 is 29.2 Å². The van der Waals surface area contributed by atoms with Gasteiger partial charge >= 0.3 is 12.0 Å². The van der Waals surface area contributed by atoms with Crippen LogP contribution in [-0.2, 0) is 14.3 Å². The van der Waals surface area contributed by atoms with Gasteiger partial charge in [-0.25, -0.2) is 9.69 Å². The molecule has 0 saturated carbocycles. The van der Waals surface area contributed by atoms with Crippen molar-refractivity contribution in [3.8, 4) is 0 Å². The summed E-state index contributed by atoms with van der Waals surface area (Å²) in [5.74, 6) is -2.13. The molecule has 2 saturated heterocycles. The summed E-state index contributed by atoms with van der Waals surface area (Å²) in [6.07, 6.45) is 1.32. The van der Waals surface area contributed by atoms with Crippen molar-refractivity contribution in [3.05, 3.63) is 39.6 Å². The maximum Gasteiger partial charge on any atom is 0.329 e. The van der Waals surface area contributed by atoms with Crippen molar-refractivity contribution in [1.29, 1.82) is 0 Å². The van der Waals surface area contributed by atoms with E-state index in [2.05, 4.69) is 5.32 Å². The molecule has 11 heteroatoms. The second kappa shape index (κ2) is 7.41. The lowest BCUT2D eigenvalue weighted by molar-refractivity contribution is -0.384. The van der Waals surface area contributed by atoms with Crippen LogP contribution in [-0.4, -0.2) is 65.7 Å². The van der Waals surface area contributed by atoms with Gasteiger partial charge in [-0.3, -0.25) is 19.7 Å². The number of hydrogen-bond donors (Lipinski definition) is 2. The average molecular weight is 376 g/mol. The van der Waals surface area contributed by atoms with E-state index in [0.717, 1.165) is 0 Å². The van der Waals surface area contributed by atoms with Gasteiger partial charge in [0.2, 0.25) is 0 Å². The quantitative estimate of drug-likeness (QED) is 0.326. The van der Waals surface area contributed by atoms with Gasteiger partial charge in [-0.1, -0.05) is 0 Å². The lowest BCUT2D eigenvalue weighted by Crippen LogP contribution is -2.36. The molecule has 2 aliphatic heterocycles. The molecule has 0 unspecified atom stereocenters. The lowest BCUT2D eigenvalue weighted by atomic mass is 10.1. The van der Waals surface area contributed by atoms with Gasteiger partial charge in [0.1, 0.15) is 12.2 Å². The monoisotopic (exact) mass is 376 g/mol. The molecule has 1 aromatic rings. The molecule has 0 bridgehead atoms. The van der Waals surface area contributed by atoms with E-state index >= 15 is 0 Å². The van der Waals surface area contributed by atoms with Gasteiger partial charge in [0.25, 0.3) is 11.6 Å². The smallest absolute Gasteiger partial charge is 0.329 e. The molecule has 1 aromatic carbocycles. The van der Waals surface area contributed by atoms with E-state index in [0.29, 0.717) is 42.5 Å². The fourth-order valence-corrected chi connectivity index (χ4v) is 2.87. The number of urea groups is 1. The number of nitrogens with zero attached hydrogens (tertiary/aromatic N) is 3. The molecule has 0 aliphatic carbocycles. The van der Waals surface area contributed by atoms with Crippen molar-refractivity contribution in [2.45, 2.75) is 0 Å². The summed E-state index contributed by atoms with van der Waals surface area (Å²) in [5, 5.41) is 22.2. The zero-order valence-corrected chi connectivity index (χ0v) is 14.1. The number of imide groups is 1. The van der Waals surface area contributed by atoms with E-state index in [1.807, 2.05) is 4.90 Å². The van der Waals surface area contributed by atoms with E-state index in [-0.39, 0.29) is 11.4 Å². The molecule has 0 radical (unpaired) electrons. The number of carbonyl (C=O) groups is 3. The standard InChI is InChI=1S/C16H16N4O7/c21-14(22)9-19-15(23)12(17-16(19)24)8-10-7-11(20(25)26)1-2-13(10)18-3-5-27-6-4-18/h1-2,7-8H,3-6,9H2,(H,17,24)(H,21,22)/b12-8-. The van der Waals surface area contributed by atoms with E-state index in [4.69, 9.17) is 9.84 Å². The first kappa shape index (κ1) is 18.3. The molecule has 2 aliphatic rings. The number of carboxylic acid groups (broad SMARTS) is 1. The molecule has 11 nitrogen and oxygen atoms in total. The van der Waals surface area contributed by atoms with Crippen molar-refractivity contribution in [3.63, 3.8) is 0 Å². The molecule has 142 valence electrons. The Morgan fingerprint density at radius 1 is 1.33 bits per heavy atom. The minimum Gasteiger partial charge on any atom is -0.480 e. The third-order valence-corrected chi connectivity index (χ3v) is 4.13. The number of carbonyl (C=O) groups excluding carboxylic acids is 2. The number of nitro groups is 1. The Morgan fingerprint density at radius 2 is 2.04 bits per heavy atom. The summed E-state index contributed by atoms with van der Waals surface area (Å²) in [6, 6.07) is 3.38. The Morgan fingerprint density at radius 3 is 2.67 bits per heavy atom. The largest absolute Gasteiger partial charge is 0.480 e. The van der Waals surface area contributed by atoms with Crippen LogP contribution >= 0.6 is 0 Å². The molecule has 3 amide bonds. The first-order chi connectivity index (χ1) is 12.9. The van der Waals surface area contributed by atoms with Crippen LogP contribution in [0.5, 0.6) is 0 Å². The Kier molecular flexibility index (Phi) is 5.03. The highest BCUT2D eigenvalue weighted by molar-refractivity contribution is 6.15. The molecular weight excluding hydrogens is 360 g/mol. The highest BCUT2D eigenvalue weighted by Gasteiger charge is 2.35. The van der Waals surface area contributed by atoms with E-state index in [1.54, 1.807) is 6.07 Å². The van der Waals surface area contributed by atoms with Crippen LogP contribution in [0.25, 0.3) is 6.08 Å². The molecule has 2 N–H and O–H groups in total. The number of ether oxygens (including phenoxy) is 1. The first-order valence-corrected chi connectivity index (χ1v) is 8.04. The number of nitro benzene ring substituents is 1. The number of nitrogens with one attached hydrogen (secondary N) is 1. The van der Waals surface area contributed by atoms with E-state index < -0.39 is 29.4 Å². The highest BCUT2D eigenvalue weighted by atomic mass is 16.6. The van der Waals surface area contributed by atoms with Crippen LogP contribution in [0.4, 0.5) is 16.2 Å². The number of morpholine rings is 1. The lowest BCUT2D eigenvalue weighted by Gasteiger charge is -2.30. The predicted molar refractivity (Wildman–Crippen MR) is 92.0 cm³/mol. The van der Waals surface area contributed by atoms with E-state index in [1.165, 1.54) is 18.2 Å². The summed E-state index contributed by atoms with van der Waals surface area (Å²) in [5.41, 5.74) is 0.705. The number of carboxylic acids is 1. The van der Waals surface area contributed by atoms with Gasteiger partial charge in [-0.2, -0.15) is 0 Å². The van der Waals surface area contributed by atoms with Crippen molar-refractivity contribution in [1.82, 2.24) is 10.2 Å². The van der Waals surface area contributed by atoms with E-state index in [9.17, 15) is 24.5 Å². The third kappa shape index (κ3) is 3.87. The van der Waals surface area contributed by atoms with Crippen LogP contribution in [0.3, 0.4) is 0 Å². The summed E-state index contributed by atoms with van der Waals surface area (Å²) in [4.78, 5) is 48.0. The second-order valence-electron chi connectivity index (χ2n) is 5.87. The Hall–Kier alpha value is -3.47. The zero-order chi connectivity index (χ0) is 19.6. The zero-order valence-electron chi connectivity index (χ0n) is 14.1. The van der Waals surface area contributed by atoms with Crippen molar-refractivity contribution in [2.75, 3.05) is 37.7 Å². The van der Waals surface area contributed by atoms with Gasteiger partial charge in [0.15, 0.2) is 0 Å². The van der Waals surface area contributed by atoms with Crippen molar-refractivity contribution in [2.24, 2.45) is 0 Å². The molecule has 2 heterocycles. The predicted octanol–water partition coefficient (Wildman–Crippen LogP) is 0.409. The summed E-state index contributed by atoms with van der Waals surface area (Å²) < 4.78 is 5.30. The van der Waals surface area contributed by atoms with Crippen LogP contribution in [0, 0.1) is 10.1 Å². The van der Waals surface area contributed by atoms with Gasteiger partial charge < -0.3 is 20.1 Å². The fraction of sp³-hybridized carbons (Fsp3) is 0.312. The minimum atomic E-state index is -1.33. The number of benzene rings is 1. The van der Waals surface area contributed by atoms with Gasteiger partial charge in [-0.05, 0) is 12.1 Å². The molecular formula is C16H16N4O7. The maximum atomic E-state index is 12.3.